The number of hydrogen-bond donors (Lipinski definition) is 0. The van der Waals surface area contributed by atoms with Crippen molar-refractivity contribution in [3.8, 4) is 0 Å². The molecule has 7 heteroatoms. The van der Waals surface area contributed by atoms with E-state index < -0.39 is 30.2 Å². The molecule has 0 aromatic carbocycles. The van der Waals surface area contributed by atoms with Gasteiger partial charge in [-0.05, 0) is 39.8 Å². The SMILES string of the molecule is CC.CC.CC1(C)OB(c2cccc(C(F)(F)F)n2)OC1(C)C. The van der Waals surface area contributed by atoms with Crippen LogP contribution in [0.4, 0.5) is 13.2 Å². The second-order valence-electron chi connectivity index (χ2n) is 5.53. The maximum absolute atomic E-state index is 12.6. The third-order valence-electron chi connectivity index (χ3n) is 3.56. The van der Waals surface area contributed by atoms with Gasteiger partial charge in [0.25, 0.3) is 0 Å². The highest BCUT2D eigenvalue weighted by Crippen LogP contribution is 2.36. The van der Waals surface area contributed by atoms with E-state index in [1.807, 2.05) is 55.4 Å². The Hall–Kier alpha value is -1.08. The van der Waals surface area contributed by atoms with Crippen LogP contribution in [0, 0.1) is 0 Å². The fourth-order valence-electron chi connectivity index (χ4n) is 1.70. The van der Waals surface area contributed by atoms with Gasteiger partial charge in [0, 0.05) is 0 Å². The smallest absolute Gasteiger partial charge is 0.398 e. The van der Waals surface area contributed by atoms with Crippen LogP contribution in [0.3, 0.4) is 0 Å². The molecule has 23 heavy (non-hydrogen) atoms. The molecule has 1 aliphatic heterocycles. The Balaban J connectivity index is 0.00000112. The van der Waals surface area contributed by atoms with Gasteiger partial charge in [-0.15, -0.1) is 0 Å². The summed E-state index contributed by atoms with van der Waals surface area (Å²) in [6.45, 7) is 15.3. The van der Waals surface area contributed by atoms with Crippen molar-refractivity contribution in [2.75, 3.05) is 0 Å². The topological polar surface area (TPSA) is 31.4 Å². The normalized spacial score (nSPS) is 18.5. The Kier molecular flexibility index (Phi) is 7.77. The first-order chi connectivity index (χ1) is 10.5. The summed E-state index contributed by atoms with van der Waals surface area (Å²) >= 11 is 0. The van der Waals surface area contributed by atoms with Crippen molar-refractivity contribution in [3.05, 3.63) is 23.9 Å². The van der Waals surface area contributed by atoms with Crippen LogP contribution in [0.25, 0.3) is 0 Å². The van der Waals surface area contributed by atoms with E-state index in [4.69, 9.17) is 9.31 Å². The minimum Gasteiger partial charge on any atom is -0.398 e. The minimum atomic E-state index is -4.47. The number of rotatable bonds is 1. The summed E-state index contributed by atoms with van der Waals surface area (Å²) in [5, 5.41) is 0. The van der Waals surface area contributed by atoms with Gasteiger partial charge in [0.1, 0.15) is 5.69 Å². The molecule has 1 aromatic heterocycles. The van der Waals surface area contributed by atoms with E-state index in [1.165, 1.54) is 12.1 Å². The monoisotopic (exact) mass is 333 g/mol. The molecular weight excluding hydrogens is 306 g/mol. The molecule has 0 saturated carbocycles. The molecule has 132 valence electrons. The Labute approximate surface area is 137 Å². The third-order valence-corrected chi connectivity index (χ3v) is 3.56. The number of aromatic nitrogens is 1. The maximum atomic E-state index is 12.6. The second kappa shape index (κ2) is 8.15. The lowest BCUT2D eigenvalue weighted by Crippen LogP contribution is -2.41. The summed E-state index contributed by atoms with van der Waals surface area (Å²) in [6, 6.07) is 3.70. The molecule has 0 N–H and O–H groups in total. The van der Waals surface area contributed by atoms with Gasteiger partial charge in [0.05, 0.1) is 16.8 Å². The first-order valence-corrected chi connectivity index (χ1v) is 7.93. The number of halogens is 3. The maximum Gasteiger partial charge on any atom is 0.514 e. The van der Waals surface area contributed by atoms with E-state index >= 15 is 0 Å². The molecular formula is C16H27BF3NO2. The van der Waals surface area contributed by atoms with E-state index in [0.29, 0.717) is 0 Å². The van der Waals surface area contributed by atoms with Crippen molar-refractivity contribution in [2.24, 2.45) is 0 Å². The Bertz CT molecular complexity index is 474. The summed E-state index contributed by atoms with van der Waals surface area (Å²) in [5.41, 5.74) is -2.02. The molecule has 1 fully saturated rings. The zero-order valence-electron chi connectivity index (χ0n) is 15.2. The van der Waals surface area contributed by atoms with Crippen LogP contribution >= 0.6 is 0 Å². The number of alkyl halides is 3. The fraction of sp³-hybridized carbons (Fsp3) is 0.688. The van der Waals surface area contributed by atoms with E-state index in [9.17, 15) is 13.2 Å². The van der Waals surface area contributed by atoms with Gasteiger partial charge in [0.2, 0.25) is 0 Å². The molecule has 0 unspecified atom stereocenters. The quantitative estimate of drug-likeness (QED) is 0.712. The highest BCUT2D eigenvalue weighted by Gasteiger charge is 2.52. The zero-order valence-corrected chi connectivity index (χ0v) is 15.2. The van der Waals surface area contributed by atoms with Crippen molar-refractivity contribution in [3.63, 3.8) is 0 Å². The summed E-state index contributed by atoms with van der Waals surface area (Å²) in [5.74, 6) is 0. The van der Waals surface area contributed by atoms with Gasteiger partial charge in [-0.3, -0.25) is 4.98 Å². The van der Waals surface area contributed by atoms with Crippen LogP contribution in [0.1, 0.15) is 61.1 Å². The van der Waals surface area contributed by atoms with Crippen LogP contribution in [0.5, 0.6) is 0 Å². The van der Waals surface area contributed by atoms with Crippen LogP contribution in [0.15, 0.2) is 18.2 Å². The third kappa shape index (κ3) is 5.21. The van der Waals surface area contributed by atoms with Crippen LogP contribution < -0.4 is 5.59 Å². The highest BCUT2D eigenvalue weighted by molar-refractivity contribution is 6.61. The largest absolute Gasteiger partial charge is 0.514 e. The van der Waals surface area contributed by atoms with Crippen molar-refractivity contribution in [1.82, 2.24) is 4.98 Å². The van der Waals surface area contributed by atoms with Gasteiger partial charge in [-0.2, -0.15) is 13.2 Å². The molecule has 0 radical (unpaired) electrons. The first-order valence-electron chi connectivity index (χ1n) is 7.93. The molecule has 1 aliphatic rings. The molecule has 1 saturated heterocycles. The molecule has 0 atom stereocenters. The number of pyridine rings is 1. The first kappa shape index (κ1) is 21.9. The molecule has 0 spiro atoms. The Morgan fingerprint density at radius 2 is 1.35 bits per heavy atom. The lowest BCUT2D eigenvalue weighted by molar-refractivity contribution is -0.141. The van der Waals surface area contributed by atoms with E-state index in [0.717, 1.165) is 6.07 Å². The highest BCUT2D eigenvalue weighted by atomic mass is 19.4. The molecule has 1 aromatic rings. The average Bonchev–Trinajstić information content (AvgIpc) is 2.71. The molecule has 2 rings (SSSR count). The molecule has 0 bridgehead atoms. The molecule has 0 amide bonds. The van der Waals surface area contributed by atoms with Crippen molar-refractivity contribution in [1.29, 1.82) is 0 Å². The van der Waals surface area contributed by atoms with E-state index in [1.54, 1.807) is 0 Å². The van der Waals surface area contributed by atoms with Gasteiger partial charge < -0.3 is 9.31 Å². The predicted octanol–water partition coefficient (Wildman–Crippen LogP) is 4.45. The lowest BCUT2D eigenvalue weighted by Gasteiger charge is -2.32. The van der Waals surface area contributed by atoms with Crippen molar-refractivity contribution < 1.29 is 22.5 Å². The zero-order chi connectivity index (χ0) is 18.5. The molecule has 0 aliphatic carbocycles. The Morgan fingerprint density at radius 3 is 1.74 bits per heavy atom. The second-order valence-corrected chi connectivity index (χ2v) is 5.53. The standard InChI is InChI=1S/C12H15BF3NO2.2C2H6/c1-10(2)11(3,4)19-13(18-10)9-7-5-6-8(17-9)12(14,15)16;2*1-2/h5-7H,1-4H3;2*1-2H3. The van der Waals surface area contributed by atoms with Crippen LogP contribution in [-0.2, 0) is 15.5 Å². The number of nitrogens with zero attached hydrogens (tertiary/aromatic N) is 1. The fourth-order valence-corrected chi connectivity index (χ4v) is 1.70. The summed E-state index contributed by atoms with van der Waals surface area (Å²) in [4.78, 5) is 3.58. The summed E-state index contributed by atoms with van der Waals surface area (Å²) < 4.78 is 49.2. The predicted molar refractivity (Wildman–Crippen MR) is 87.7 cm³/mol. The van der Waals surface area contributed by atoms with E-state index in [2.05, 4.69) is 4.98 Å². The molecule has 3 nitrogen and oxygen atoms in total. The van der Waals surface area contributed by atoms with Crippen molar-refractivity contribution >= 4 is 12.7 Å². The molecule has 2 heterocycles. The van der Waals surface area contributed by atoms with Gasteiger partial charge in [0.15, 0.2) is 0 Å². The average molecular weight is 333 g/mol. The lowest BCUT2D eigenvalue weighted by atomic mass is 9.84. The summed E-state index contributed by atoms with van der Waals surface area (Å²) in [7, 11) is -0.882. The number of hydrogen-bond acceptors (Lipinski definition) is 3. The minimum absolute atomic E-state index is 0.133. The van der Waals surface area contributed by atoms with E-state index in [-0.39, 0.29) is 5.59 Å². The van der Waals surface area contributed by atoms with Crippen LogP contribution in [0.2, 0.25) is 0 Å². The van der Waals surface area contributed by atoms with Gasteiger partial charge >= 0.3 is 13.3 Å². The summed E-state index contributed by atoms with van der Waals surface area (Å²) in [6.07, 6.45) is -4.47. The van der Waals surface area contributed by atoms with Crippen LogP contribution in [-0.4, -0.2) is 23.3 Å². The van der Waals surface area contributed by atoms with Gasteiger partial charge in [-0.1, -0.05) is 33.8 Å². The van der Waals surface area contributed by atoms with Crippen molar-refractivity contribution in [2.45, 2.75) is 72.8 Å². The van der Waals surface area contributed by atoms with Gasteiger partial charge in [-0.25, -0.2) is 0 Å². The Morgan fingerprint density at radius 1 is 0.913 bits per heavy atom.